The lowest BCUT2D eigenvalue weighted by Crippen LogP contribution is -2.14. The summed E-state index contributed by atoms with van der Waals surface area (Å²) in [5, 5.41) is 9.01. The number of hydrogen-bond donors (Lipinski definition) is 0. The molecule has 1 aromatic carbocycles. The van der Waals surface area contributed by atoms with Crippen molar-refractivity contribution in [2.75, 3.05) is 0 Å². The van der Waals surface area contributed by atoms with Gasteiger partial charge in [-0.1, -0.05) is 44.0 Å². The van der Waals surface area contributed by atoms with Crippen molar-refractivity contribution in [2.24, 2.45) is 17.8 Å². The quantitative estimate of drug-likeness (QED) is 0.547. The van der Waals surface area contributed by atoms with E-state index in [9.17, 15) is 0 Å². The molecule has 0 amide bonds. The molecule has 0 radical (unpaired) electrons. The van der Waals surface area contributed by atoms with Crippen LogP contribution >= 0.6 is 0 Å². The van der Waals surface area contributed by atoms with Crippen molar-refractivity contribution in [1.29, 1.82) is 5.26 Å². The van der Waals surface area contributed by atoms with Crippen molar-refractivity contribution in [1.82, 2.24) is 0 Å². The third-order valence-corrected chi connectivity index (χ3v) is 6.87. The van der Waals surface area contributed by atoms with Crippen molar-refractivity contribution in [3.05, 3.63) is 35.4 Å². The van der Waals surface area contributed by atoms with Crippen LogP contribution in [-0.4, -0.2) is 0 Å². The van der Waals surface area contributed by atoms with Crippen LogP contribution in [-0.2, 0) is 6.42 Å². The maximum atomic E-state index is 9.01. The Labute approximate surface area is 154 Å². The predicted octanol–water partition coefficient (Wildman–Crippen LogP) is 7.02. The van der Waals surface area contributed by atoms with Gasteiger partial charge in [-0.05, 0) is 93.1 Å². The fourth-order valence-electron chi connectivity index (χ4n) is 5.10. The summed E-state index contributed by atoms with van der Waals surface area (Å²) in [6.45, 7) is 2.32. The molecule has 0 spiro atoms. The first kappa shape index (κ1) is 18.5. The third kappa shape index (κ3) is 5.34. The molecule has 25 heavy (non-hydrogen) atoms. The first-order valence-corrected chi connectivity index (χ1v) is 10.8. The van der Waals surface area contributed by atoms with E-state index in [1.807, 2.05) is 0 Å². The maximum Gasteiger partial charge on any atom is 0.0655 e. The van der Waals surface area contributed by atoms with Gasteiger partial charge in [0.25, 0.3) is 0 Å². The molecule has 0 aromatic heterocycles. The second-order valence-electron chi connectivity index (χ2n) is 8.63. The topological polar surface area (TPSA) is 23.8 Å². The molecule has 2 saturated carbocycles. The Bertz CT molecular complexity index is 536. The lowest BCUT2D eigenvalue weighted by Gasteiger charge is -2.28. The van der Waals surface area contributed by atoms with Crippen LogP contribution in [0, 0.1) is 29.1 Å². The summed E-state index contributed by atoms with van der Waals surface area (Å²) >= 11 is 0. The van der Waals surface area contributed by atoms with Gasteiger partial charge in [-0.3, -0.25) is 0 Å². The summed E-state index contributed by atoms with van der Waals surface area (Å²) in [7, 11) is 0. The minimum atomic E-state index is 0.336. The molecule has 136 valence electrons. The van der Waals surface area contributed by atoms with Gasteiger partial charge in [-0.2, -0.15) is 5.26 Å². The number of nitriles is 1. The second kappa shape index (κ2) is 9.42. The molecular weight excluding hydrogens is 302 g/mol. The van der Waals surface area contributed by atoms with Crippen LogP contribution in [0.1, 0.15) is 94.6 Å². The summed E-state index contributed by atoms with van der Waals surface area (Å²) in [4.78, 5) is 0. The van der Waals surface area contributed by atoms with E-state index in [1.165, 1.54) is 69.8 Å². The van der Waals surface area contributed by atoms with Gasteiger partial charge in [0, 0.05) is 5.92 Å². The summed E-state index contributed by atoms with van der Waals surface area (Å²) in [6.07, 6.45) is 15.7. The number of nitrogens with zero attached hydrogens (tertiary/aromatic N) is 1. The molecule has 1 heteroatoms. The molecule has 2 aliphatic carbocycles. The van der Waals surface area contributed by atoms with E-state index >= 15 is 0 Å². The molecule has 0 aliphatic heterocycles. The summed E-state index contributed by atoms with van der Waals surface area (Å²) < 4.78 is 0. The van der Waals surface area contributed by atoms with Crippen LogP contribution in [0.4, 0.5) is 0 Å². The van der Waals surface area contributed by atoms with E-state index in [1.54, 1.807) is 5.56 Å². The van der Waals surface area contributed by atoms with Crippen LogP contribution in [0.15, 0.2) is 24.3 Å². The molecule has 1 aromatic rings. The third-order valence-electron chi connectivity index (χ3n) is 6.87. The summed E-state index contributed by atoms with van der Waals surface area (Å²) in [6, 6.07) is 12.0. The largest absolute Gasteiger partial charge is 0.198 e. The van der Waals surface area contributed by atoms with Gasteiger partial charge in [0.05, 0.1) is 6.07 Å². The minimum absolute atomic E-state index is 0.336. The number of rotatable bonds is 6. The van der Waals surface area contributed by atoms with Crippen molar-refractivity contribution >= 4 is 0 Å². The van der Waals surface area contributed by atoms with Gasteiger partial charge in [0.15, 0.2) is 0 Å². The smallest absolute Gasteiger partial charge is 0.0655 e. The Morgan fingerprint density at radius 3 is 2.04 bits per heavy atom. The summed E-state index contributed by atoms with van der Waals surface area (Å²) in [5.74, 6) is 2.99. The molecular formula is C24H35N. The highest BCUT2D eigenvalue weighted by molar-refractivity contribution is 5.26. The van der Waals surface area contributed by atoms with Crippen LogP contribution < -0.4 is 0 Å². The van der Waals surface area contributed by atoms with Crippen LogP contribution in [0.5, 0.6) is 0 Å². The zero-order valence-electron chi connectivity index (χ0n) is 16.1. The Morgan fingerprint density at radius 2 is 1.44 bits per heavy atom. The van der Waals surface area contributed by atoms with Gasteiger partial charge in [0.1, 0.15) is 0 Å². The zero-order chi connectivity index (χ0) is 17.5. The highest BCUT2D eigenvalue weighted by Gasteiger charge is 2.22. The Balaban J connectivity index is 1.43. The highest BCUT2D eigenvalue weighted by atomic mass is 14.3. The van der Waals surface area contributed by atoms with Crippen LogP contribution in [0.25, 0.3) is 0 Å². The molecule has 0 bridgehead atoms. The molecule has 0 saturated heterocycles. The van der Waals surface area contributed by atoms with E-state index < -0.39 is 0 Å². The standard InChI is InChI=1S/C24H35N/c1-2-3-19-10-14-23(15-11-19)24-16-12-21(13-17-24)5-4-20-6-8-22(18-25)9-7-20/h12-13,16-17,19-20,22-23H,2-11,14-15H2,1H3. The van der Waals surface area contributed by atoms with Crippen LogP contribution in [0.2, 0.25) is 0 Å². The van der Waals surface area contributed by atoms with Gasteiger partial charge >= 0.3 is 0 Å². The monoisotopic (exact) mass is 337 g/mol. The molecule has 0 atom stereocenters. The lowest BCUT2D eigenvalue weighted by molar-refractivity contribution is 0.300. The second-order valence-corrected chi connectivity index (χ2v) is 8.63. The Kier molecular flexibility index (Phi) is 6.97. The zero-order valence-corrected chi connectivity index (χ0v) is 16.1. The van der Waals surface area contributed by atoms with Gasteiger partial charge in [-0.25, -0.2) is 0 Å². The van der Waals surface area contributed by atoms with E-state index in [0.29, 0.717) is 5.92 Å². The van der Waals surface area contributed by atoms with Gasteiger partial charge < -0.3 is 0 Å². The van der Waals surface area contributed by atoms with Crippen molar-refractivity contribution in [2.45, 2.75) is 89.9 Å². The SMILES string of the molecule is CCCC1CCC(c2ccc(CCC3CCC(C#N)CC3)cc2)CC1. The van der Waals surface area contributed by atoms with E-state index in [2.05, 4.69) is 37.3 Å². The van der Waals surface area contributed by atoms with Gasteiger partial charge in [0.2, 0.25) is 0 Å². The fraction of sp³-hybridized carbons (Fsp3) is 0.708. The predicted molar refractivity (Wildman–Crippen MR) is 105 cm³/mol. The van der Waals surface area contributed by atoms with Crippen molar-refractivity contribution in [3.63, 3.8) is 0 Å². The average Bonchev–Trinajstić information content (AvgIpc) is 2.68. The lowest BCUT2D eigenvalue weighted by atomic mass is 9.77. The van der Waals surface area contributed by atoms with Crippen molar-refractivity contribution in [3.8, 4) is 6.07 Å². The molecule has 0 unspecified atom stereocenters. The average molecular weight is 338 g/mol. The normalized spacial score (nSPS) is 29.9. The first-order chi connectivity index (χ1) is 12.3. The molecule has 2 fully saturated rings. The van der Waals surface area contributed by atoms with E-state index in [-0.39, 0.29) is 0 Å². The molecule has 0 heterocycles. The molecule has 2 aliphatic rings. The van der Waals surface area contributed by atoms with Gasteiger partial charge in [-0.15, -0.1) is 0 Å². The number of benzene rings is 1. The Hall–Kier alpha value is -1.29. The Morgan fingerprint density at radius 1 is 0.840 bits per heavy atom. The summed E-state index contributed by atoms with van der Waals surface area (Å²) in [5.41, 5.74) is 3.08. The molecule has 1 nitrogen and oxygen atoms in total. The van der Waals surface area contributed by atoms with Crippen LogP contribution in [0.3, 0.4) is 0 Å². The molecule has 0 N–H and O–H groups in total. The maximum absolute atomic E-state index is 9.01. The fourth-order valence-corrected chi connectivity index (χ4v) is 5.10. The number of aryl methyl sites for hydroxylation is 1. The first-order valence-electron chi connectivity index (χ1n) is 10.8. The van der Waals surface area contributed by atoms with E-state index in [0.717, 1.165) is 30.6 Å². The van der Waals surface area contributed by atoms with Crippen molar-refractivity contribution < 1.29 is 0 Å². The highest BCUT2D eigenvalue weighted by Crippen LogP contribution is 2.37. The van der Waals surface area contributed by atoms with E-state index in [4.69, 9.17) is 5.26 Å². The molecule has 3 rings (SSSR count). The minimum Gasteiger partial charge on any atom is -0.198 e. The number of hydrogen-bond acceptors (Lipinski definition) is 1.